The number of hydrogen-bond donors (Lipinski definition) is 2. The van der Waals surface area contributed by atoms with Crippen LogP contribution in [0.2, 0.25) is 0 Å². The van der Waals surface area contributed by atoms with E-state index in [9.17, 15) is 14.9 Å². The molecule has 1 heterocycles. The Morgan fingerprint density at radius 3 is 2.70 bits per heavy atom. The molecule has 0 aliphatic heterocycles. The molecule has 0 spiro atoms. The fourth-order valence-electron chi connectivity index (χ4n) is 1.86. The number of aromatic nitrogens is 2. The third-order valence-corrected chi connectivity index (χ3v) is 2.77. The Morgan fingerprint density at radius 1 is 1.60 bits per heavy atom. The molecule has 1 unspecified atom stereocenters. The fourth-order valence-corrected chi connectivity index (χ4v) is 1.86. The third kappa shape index (κ3) is 3.75. The molecule has 112 valence electrons. The number of aliphatic hydroxyl groups is 1. The van der Waals surface area contributed by atoms with Crippen LogP contribution in [0.5, 0.6) is 0 Å². The van der Waals surface area contributed by atoms with Gasteiger partial charge in [-0.1, -0.05) is 0 Å². The van der Waals surface area contributed by atoms with Crippen molar-refractivity contribution < 1.29 is 19.6 Å². The molecule has 0 aliphatic carbocycles. The minimum Gasteiger partial charge on any atom is -0.394 e. The van der Waals surface area contributed by atoms with Gasteiger partial charge in [-0.2, -0.15) is 5.10 Å². The van der Waals surface area contributed by atoms with Gasteiger partial charge in [0.05, 0.1) is 24.2 Å². The van der Waals surface area contributed by atoms with Gasteiger partial charge in [-0.25, -0.2) is 0 Å². The largest absolute Gasteiger partial charge is 0.394 e. The number of aryl methyl sites for hydroxylation is 1. The van der Waals surface area contributed by atoms with Crippen LogP contribution in [0.1, 0.15) is 11.4 Å². The van der Waals surface area contributed by atoms with Gasteiger partial charge in [-0.15, -0.1) is 0 Å². The summed E-state index contributed by atoms with van der Waals surface area (Å²) >= 11 is 0. The standard InChI is InChI=1S/C11H18N4O5/c1-7-11(15(18)19)8(2)14(13-7)4-10(17)12-9(5-16)6-20-3/h9,16H,4-6H2,1-3H3,(H,12,17). The molecule has 1 aromatic rings. The summed E-state index contributed by atoms with van der Waals surface area (Å²) in [6, 6.07) is -0.514. The van der Waals surface area contributed by atoms with Crippen molar-refractivity contribution in [3.63, 3.8) is 0 Å². The first-order valence-electron chi connectivity index (χ1n) is 5.98. The molecule has 0 saturated carbocycles. The van der Waals surface area contributed by atoms with Crippen molar-refractivity contribution in [3.05, 3.63) is 21.5 Å². The minimum absolute atomic E-state index is 0.0894. The summed E-state index contributed by atoms with van der Waals surface area (Å²) in [5.41, 5.74) is 0.485. The Kier molecular flexibility index (Phi) is 5.59. The van der Waals surface area contributed by atoms with Crippen LogP contribution in [0.25, 0.3) is 0 Å². The Labute approximate surface area is 115 Å². The Morgan fingerprint density at radius 2 is 2.25 bits per heavy atom. The number of nitro groups is 1. The predicted molar refractivity (Wildman–Crippen MR) is 69.2 cm³/mol. The molecule has 0 aliphatic rings. The molecule has 0 saturated heterocycles. The van der Waals surface area contributed by atoms with Gasteiger partial charge < -0.3 is 15.2 Å². The molecular formula is C11H18N4O5. The first-order valence-corrected chi connectivity index (χ1v) is 5.98. The molecule has 1 atom stereocenters. The lowest BCUT2D eigenvalue weighted by Gasteiger charge is -2.15. The van der Waals surface area contributed by atoms with Crippen molar-refractivity contribution >= 4 is 11.6 Å². The van der Waals surface area contributed by atoms with Gasteiger partial charge in [0, 0.05) is 7.11 Å². The number of rotatable bonds is 7. The molecule has 9 nitrogen and oxygen atoms in total. The van der Waals surface area contributed by atoms with Crippen LogP contribution in [0.15, 0.2) is 0 Å². The van der Waals surface area contributed by atoms with Crippen molar-refractivity contribution in [2.24, 2.45) is 0 Å². The summed E-state index contributed by atoms with van der Waals surface area (Å²) in [6.45, 7) is 2.82. The lowest BCUT2D eigenvalue weighted by Crippen LogP contribution is -2.42. The molecule has 1 aromatic heterocycles. The lowest BCUT2D eigenvalue weighted by molar-refractivity contribution is -0.386. The van der Waals surface area contributed by atoms with Gasteiger partial charge in [0.1, 0.15) is 17.9 Å². The highest BCUT2D eigenvalue weighted by atomic mass is 16.6. The monoisotopic (exact) mass is 286 g/mol. The molecule has 0 bridgehead atoms. The number of carbonyl (C=O) groups excluding carboxylic acids is 1. The van der Waals surface area contributed by atoms with Gasteiger partial charge in [0.25, 0.3) is 0 Å². The number of nitrogens with zero attached hydrogens (tertiary/aromatic N) is 3. The van der Waals surface area contributed by atoms with E-state index in [4.69, 9.17) is 9.84 Å². The average Bonchev–Trinajstić information content (AvgIpc) is 2.63. The second kappa shape index (κ2) is 6.96. The Bertz CT molecular complexity index is 499. The molecule has 2 N–H and O–H groups in total. The number of carbonyl (C=O) groups is 1. The van der Waals surface area contributed by atoms with Crippen molar-refractivity contribution in [1.29, 1.82) is 0 Å². The van der Waals surface area contributed by atoms with Gasteiger partial charge in [-0.05, 0) is 13.8 Å². The number of aliphatic hydroxyl groups excluding tert-OH is 1. The third-order valence-electron chi connectivity index (χ3n) is 2.77. The maximum atomic E-state index is 11.8. The van der Waals surface area contributed by atoms with Gasteiger partial charge in [0.15, 0.2) is 0 Å². The van der Waals surface area contributed by atoms with E-state index in [0.717, 1.165) is 0 Å². The first-order chi connectivity index (χ1) is 9.40. The Hall–Kier alpha value is -2.00. The predicted octanol–water partition coefficient (Wildman–Crippen LogP) is -0.468. The summed E-state index contributed by atoms with van der Waals surface area (Å²) in [6.07, 6.45) is 0. The number of amides is 1. The minimum atomic E-state index is -0.520. The molecular weight excluding hydrogens is 268 g/mol. The molecule has 1 rings (SSSR count). The molecule has 0 radical (unpaired) electrons. The van der Waals surface area contributed by atoms with Crippen LogP contribution >= 0.6 is 0 Å². The second-order valence-corrected chi connectivity index (χ2v) is 4.34. The smallest absolute Gasteiger partial charge is 0.312 e. The number of hydrogen-bond acceptors (Lipinski definition) is 6. The van der Waals surface area contributed by atoms with Crippen molar-refractivity contribution in [3.8, 4) is 0 Å². The van der Waals surface area contributed by atoms with E-state index in [-0.39, 0.29) is 31.1 Å². The second-order valence-electron chi connectivity index (χ2n) is 4.34. The van der Waals surface area contributed by atoms with E-state index < -0.39 is 16.9 Å². The average molecular weight is 286 g/mol. The van der Waals surface area contributed by atoms with Gasteiger partial charge >= 0.3 is 5.69 Å². The van der Waals surface area contributed by atoms with E-state index in [1.807, 2.05) is 0 Å². The van der Waals surface area contributed by atoms with Crippen molar-refractivity contribution in [2.75, 3.05) is 20.3 Å². The van der Waals surface area contributed by atoms with Crippen LogP contribution < -0.4 is 5.32 Å². The van der Waals surface area contributed by atoms with E-state index in [1.54, 1.807) is 0 Å². The molecule has 20 heavy (non-hydrogen) atoms. The summed E-state index contributed by atoms with van der Waals surface area (Å²) in [4.78, 5) is 22.1. The fraction of sp³-hybridized carbons (Fsp3) is 0.636. The summed E-state index contributed by atoms with van der Waals surface area (Å²) < 4.78 is 6.11. The van der Waals surface area contributed by atoms with Crippen LogP contribution in [0, 0.1) is 24.0 Å². The number of methoxy groups -OCH3 is 1. The van der Waals surface area contributed by atoms with Crippen molar-refractivity contribution in [1.82, 2.24) is 15.1 Å². The molecule has 0 aromatic carbocycles. The van der Waals surface area contributed by atoms with Crippen LogP contribution in [0.3, 0.4) is 0 Å². The van der Waals surface area contributed by atoms with Crippen molar-refractivity contribution in [2.45, 2.75) is 26.4 Å². The maximum Gasteiger partial charge on any atom is 0.312 e. The maximum absolute atomic E-state index is 11.8. The topological polar surface area (TPSA) is 120 Å². The zero-order chi connectivity index (χ0) is 15.3. The highest BCUT2D eigenvalue weighted by Gasteiger charge is 2.23. The number of nitrogens with one attached hydrogen (secondary N) is 1. The van der Waals surface area contributed by atoms with E-state index >= 15 is 0 Å². The Balaban J connectivity index is 2.76. The normalized spacial score (nSPS) is 12.2. The quantitative estimate of drug-likeness (QED) is 0.516. The molecule has 9 heteroatoms. The van der Waals surface area contributed by atoms with Gasteiger partial charge in [-0.3, -0.25) is 19.6 Å². The molecule has 0 fully saturated rings. The zero-order valence-corrected chi connectivity index (χ0v) is 11.6. The number of ether oxygens (including phenoxy) is 1. The van der Waals surface area contributed by atoms with Gasteiger partial charge in [0.2, 0.25) is 5.91 Å². The highest BCUT2D eigenvalue weighted by Crippen LogP contribution is 2.21. The zero-order valence-electron chi connectivity index (χ0n) is 11.6. The van der Waals surface area contributed by atoms with Crippen LogP contribution in [-0.2, 0) is 16.1 Å². The molecule has 1 amide bonds. The SMILES string of the molecule is COCC(CO)NC(=O)Cn1nc(C)c([N+](=O)[O-])c1C. The van der Waals surface area contributed by atoms with Crippen LogP contribution in [0.4, 0.5) is 5.69 Å². The lowest BCUT2D eigenvalue weighted by atomic mass is 10.3. The van der Waals surface area contributed by atoms with E-state index in [0.29, 0.717) is 5.69 Å². The summed E-state index contributed by atoms with van der Waals surface area (Å²) in [7, 11) is 1.46. The van der Waals surface area contributed by atoms with E-state index in [1.165, 1.54) is 25.6 Å². The highest BCUT2D eigenvalue weighted by molar-refractivity contribution is 5.76. The first kappa shape index (κ1) is 16.1. The summed E-state index contributed by atoms with van der Waals surface area (Å²) in [5.74, 6) is -0.401. The van der Waals surface area contributed by atoms with Crippen LogP contribution in [-0.4, -0.2) is 52.1 Å². The summed E-state index contributed by atoms with van der Waals surface area (Å²) in [5, 5.41) is 26.4. The van der Waals surface area contributed by atoms with E-state index in [2.05, 4.69) is 10.4 Å².